The normalized spacial score (nSPS) is 22.9. The lowest BCUT2D eigenvalue weighted by Gasteiger charge is -2.47. The fraction of sp³-hybridized carbons (Fsp3) is 0.429. The lowest BCUT2D eigenvalue weighted by Crippen LogP contribution is -2.57. The minimum Gasteiger partial charge on any atom is -0.336 e. The fourth-order valence-electron chi connectivity index (χ4n) is 4.38. The van der Waals surface area contributed by atoms with Gasteiger partial charge < -0.3 is 9.80 Å². The number of anilines is 1. The van der Waals surface area contributed by atoms with Gasteiger partial charge in [-0.2, -0.15) is 0 Å². The summed E-state index contributed by atoms with van der Waals surface area (Å²) in [4.78, 5) is 38.5. The van der Waals surface area contributed by atoms with Gasteiger partial charge >= 0.3 is 0 Å². The largest absolute Gasteiger partial charge is 0.336 e. The number of likely N-dealkylation sites (tertiary alicyclic amines) is 1. The molecule has 4 rings (SSSR count). The summed E-state index contributed by atoms with van der Waals surface area (Å²) in [5, 5.41) is 0. The number of hydrogen-bond donors (Lipinski definition) is 0. The highest BCUT2D eigenvalue weighted by molar-refractivity contribution is 5.99. The molecule has 140 valence electrons. The third-order valence-electron chi connectivity index (χ3n) is 5.75. The van der Waals surface area contributed by atoms with E-state index in [4.69, 9.17) is 0 Å². The van der Waals surface area contributed by atoms with Crippen LogP contribution in [-0.2, 0) is 4.79 Å². The van der Waals surface area contributed by atoms with Crippen molar-refractivity contribution in [1.29, 1.82) is 0 Å². The molecule has 0 aliphatic carbocycles. The molecule has 1 atom stereocenters. The number of aromatic nitrogens is 2. The second-order valence-electron chi connectivity index (χ2n) is 7.50. The van der Waals surface area contributed by atoms with E-state index in [1.165, 1.54) is 0 Å². The number of carbonyl (C=O) groups is 2. The zero-order valence-corrected chi connectivity index (χ0v) is 15.6. The Labute approximate surface area is 159 Å². The van der Waals surface area contributed by atoms with Crippen molar-refractivity contribution in [1.82, 2.24) is 14.9 Å². The summed E-state index contributed by atoms with van der Waals surface area (Å²) in [7, 11) is 0. The van der Waals surface area contributed by atoms with Gasteiger partial charge in [-0.3, -0.25) is 14.6 Å². The first-order valence-corrected chi connectivity index (χ1v) is 9.55. The summed E-state index contributed by atoms with van der Waals surface area (Å²) in [5.74, 6) is 0.0256. The average Bonchev–Trinajstić information content (AvgIpc) is 2.71. The topological polar surface area (TPSA) is 66.4 Å². The summed E-state index contributed by atoms with van der Waals surface area (Å²) in [6, 6.07) is 9.82. The molecule has 6 nitrogen and oxygen atoms in total. The van der Waals surface area contributed by atoms with Crippen molar-refractivity contribution >= 4 is 17.5 Å². The Kier molecular flexibility index (Phi) is 4.64. The maximum atomic E-state index is 13.4. The van der Waals surface area contributed by atoms with E-state index in [2.05, 4.69) is 9.97 Å². The minimum atomic E-state index is -0.488. The molecule has 0 N–H and O–H groups in total. The summed E-state index contributed by atoms with van der Waals surface area (Å²) in [6.45, 7) is 3.66. The summed E-state index contributed by atoms with van der Waals surface area (Å²) >= 11 is 0. The van der Waals surface area contributed by atoms with Crippen molar-refractivity contribution < 1.29 is 9.59 Å². The Bertz CT molecular complexity index is 850. The smallest absolute Gasteiger partial charge is 0.274 e. The molecule has 1 spiro atoms. The molecular formula is C21H24N4O2. The first kappa shape index (κ1) is 17.6. The quantitative estimate of drug-likeness (QED) is 0.822. The van der Waals surface area contributed by atoms with Crippen molar-refractivity contribution in [2.24, 2.45) is 5.41 Å². The summed E-state index contributed by atoms with van der Waals surface area (Å²) in [6.07, 6.45) is 6.58. The van der Waals surface area contributed by atoms with Crippen molar-refractivity contribution in [2.45, 2.75) is 32.6 Å². The van der Waals surface area contributed by atoms with Crippen LogP contribution >= 0.6 is 0 Å². The summed E-state index contributed by atoms with van der Waals surface area (Å²) < 4.78 is 0. The van der Waals surface area contributed by atoms with Crippen LogP contribution in [0.15, 0.2) is 42.7 Å². The number of piperidine rings is 2. The third-order valence-corrected chi connectivity index (χ3v) is 5.75. The Morgan fingerprint density at radius 1 is 1.04 bits per heavy atom. The molecule has 2 aliphatic rings. The molecule has 0 bridgehead atoms. The predicted octanol–water partition coefficient (Wildman–Crippen LogP) is 2.83. The van der Waals surface area contributed by atoms with Gasteiger partial charge in [0.1, 0.15) is 5.69 Å². The van der Waals surface area contributed by atoms with Crippen molar-refractivity contribution in [2.75, 3.05) is 24.5 Å². The number of carbonyl (C=O) groups excluding carboxylic acids is 2. The van der Waals surface area contributed by atoms with Gasteiger partial charge in [0.2, 0.25) is 5.91 Å². The number of amides is 2. The van der Waals surface area contributed by atoms with Gasteiger partial charge in [0.05, 0.1) is 11.1 Å². The average molecular weight is 364 g/mol. The highest BCUT2D eigenvalue weighted by atomic mass is 16.2. The molecule has 2 saturated heterocycles. The van der Waals surface area contributed by atoms with Gasteiger partial charge in [0.25, 0.3) is 5.91 Å². The Morgan fingerprint density at radius 2 is 1.74 bits per heavy atom. The van der Waals surface area contributed by atoms with Gasteiger partial charge in [-0.15, -0.1) is 0 Å². The molecule has 3 heterocycles. The molecular weight excluding hydrogens is 340 g/mol. The Balaban J connectivity index is 1.59. The van der Waals surface area contributed by atoms with E-state index >= 15 is 0 Å². The van der Waals surface area contributed by atoms with Crippen LogP contribution < -0.4 is 4.90 Å². The molecule has 2 fully saturated rings. The van der Waals surface area contributed by atoms with E-state index in [0.717, 1.165) is 37.9 Å². The molecule has 1 aromatic heterocycles. The van der Waals surface area contributed by atoms with Crippen LogP contribution in [0.1, 0.15) is 41.9 Å². The first-order chi connectivity index (χ1) is 13.1. The molecule has 2 aliphatic heterocycles. The second-order valence-corrected chi connectivity index (χ2v) is 7.50. The van der Waals surface area contributed by atoms with Crippen LogP contribution in [0.5, 0.6) is 0 Å². The first-order valence-electron chi connectivity index (χ1n) is 9.55. The van der Waals surface area contributed by atoms with E-state index in [0.29, 0.717) is 24.5 Å². The minimum absolute atomic E-state index is 0.121. The summed E-state index contributed by atoms with van der Waals surface area (Å²) in [5.41, 5.74) is 1.47. The maximum Gasteiger partial charge on any atom is 0.274 e. The SMILES string of the molecule is Cc1nccnc1C(=O)N1CCCC2(CCCN(c3ccccc3)C2=O)C1. The number of aryl methyl sites for hydroxylation is 1. The van der Waals surface area contributed by atoms with Gasteiger partial charge in [0.15, 0.2) is 0 Å². The van der Waals surface area contributed by atoms with Crippen molar-refractivity contribution in [3.05, 3.63) is 54.1 Å². The molecule has 0 saturated carbocycles. The molecule has 27 heavy (non-hydrogen) atoms. The Morgan fingerprint density at radius 3 is 2.48 bits per heavy atom. The van der Waals surface area contributed by atoms with Crippen LogP contribution in [0, 0.1) is 12.3 Å². The molecule has 0 radical (unpaired) electrons. The van der Waals surface area contributed by atoms with E-state index in [1.807, 2.05) is 35.2 Å². The zero-order valence-electron chi connectivity index (χ0n) is 15.6. The number of nitrogens with zero attached hydrogens (tertiary/aromatic N) is 4. The van der Waals surface area contributed by atoms with E-state index in [9.17, 15) is 9.59 Å². The lowest BCUT2D eigenvalue weighted by molar-refractivity contribution is -0.133. The standard InChI is InChI=1S/C21H24N4O2/c1-16-18(23-12-11-22-16)19(26)24-13-5-9-21(15-24)10-6-14-25(20(21)27)17-7-3-2-4-8-17/h2-4,7-8,11-12H,5-6,9-10,13-15H2,1H3. The molecule has 2 aromatic rings. The fourth-order valence-corrected chi connectivity index (χ4v) is 4.38. The number of hydrogen-bond acceptors (Lipinski definition) is 4. The van der Waals surface area contributed by atoms with E-state index < -0.39 is 5.41 Å². The second kappa shape index (κ2) is 7.10. The van der Waals surface area contributed by atoms with E-state index in [1.54, 1.807) is 24.2 Å². The lowest BCUT2D eigenvalue weighted by atomic mass is 9.72. The maximum absolute atomic E-state index is 13.4. The van der Waals surface area contributed by atoms with Crippen LogP contribution in [0.25, 0.3) is 0 Å². The van der Waals surface area contributed by atoms with Gasteiger partial charge in [-0.05, 0) is 44.7 Å². The third kappa shape index (κ3) is 3.20. The number of benzene rings is 1. The van der Waals surface area contributed by atoms with Crippen LogP contribution in [0.4, 0.5) is 5.69 Å². The number of rotatable bonds is 2. The monoisotopic (exact) mass is 364 g/mol. The van der Waals surface area contributed by atoms with E-state index in [-0.39, 0.29) is 11.8 Å². The van der Waals surface area contributed by atoms with Gasteiger partial charge in [-0.1, -0.05) is 18.2 Å². The zero-order chi connectivity index (χ0) is 18.9. The van der Waals surface area contributed by atoms with Crippen LogP contribution in [-0.4, -0.2) is 46.3 Å². The van der Waals surface area contributed by atoms with Crippen molar-refractivity contribution in [3.8, 4) is 0 Å². The molecule has 1 aromatic carbocycles. The van der Waals surface area contributed by atoms with Crippen LogP contribution in [0.2, 0.25) is 0 Å². The van der Waals surface area contributed by atoms with Crippen LogP contribution in [0.3, 0.4) is 0 Å². The highest BCUT2D eigenvalue weighted by Gasteiger charge is 2.47. The molecule has 2 amide bonds. The van der Waals surface area contributed by atoms with Gasteiger partial charge in [0, 0.05) is 37.7 Å². The molecule has 6 heteroatoms. The highest BCUT2D eigenvalue weighted by Crippen LogP contribution is 2.41. The van der Waals surface area contributed by atoms with Crippen molar-refractivity contribution in [3.63, 3.8) is 0 Å². The Hall–Kier alpha value is -2.76. The number of para-hydroxylation sites is 1. The predicted molar refractivity (Wildman–Crippen MR) is 102 cm³/mol. The van der Waals surface area contributed by atoms with Gasteiger partial charge in [-0.25, -0.2) is 4.98 Å². The molecule has 1 unspecified atom stereocenters.